The minimum Gasteiger partial charge on any atom is -0.456 e. The quantitative estimate of drug-likeness (QED) is 0.670. The van der Waals surface area contributed by atoms with Crippen molar-refractivity contribution in [3.8, 4) is 0 Å². The molecule has 0 saturated carbocycles. The number of ether oxygens (including phenoxy) is 1. The van der Waals surface area contributed by atoms with Crippen LogP contribution in [0.2, 0.25) is 0 Å². The molecule has 1 aromatic carbocycles. The highest BCUT2D eigenvalue weighted by Gasteiger charge is 2.30. The minimum atomic E-state index is -4.47. The van der Waals surface area contributed by atoms with E-state index in [2.05, 4.69) is 4.98 Å². The van der Waals surface area contributed by atoms with Crippen LogP contribution in [0.1, 0.15) is 27.2 Å². The molecule has 3 aromatic rings. The Bertz CT molecular complexity index is 1020. The van der Waals surface area contributed by atoms with Crippen LogP contribution in [0.15, 0.2) is 53.5 Å². The molecule has 2 aromatic heterocycles. The molecule has 0 fully saturated rings. The van der Waals surface area contributed by atoms with Crippen LogP contribution < -0.4 is 5.56 Å². The SMILES string of the molecule is Cc1cccn2c(=O)cc(COC(=O)c3ccc(C(F)(F)F)cc3)nc12. The van der Waals surface area contributed by atoms with Crippen LogP contribution in [0, 0.1) is 6.92 Å². The fraction of sp³-hybridized carbons (Fsp3) is 0.167. The lowest BCUT2D eigenvalue weighted by atomic mass is 10.1. The Labute approximate surface area is 145 Å². The molecule has 8 heteroatoms. The zero-order valence-corrected chi connectivity index (χ0v) is 13.6. The monoisotopic (exact) mass is 362 g/mol. The van der Waals surface area contributed by atoms with E-state index in [1.54, 1.807) is 25.3 Å². The Hall–Kier alpha value is -3.16. The molecule has 0 saturated heterocycles. The van der Waals surface area contributed by atoms with Crippen molar-refractivity contribution < 1.29 is 22.7 Å². The van der Waals surface area contributed by atoms with Gasteiger partial charge in [0.1, 0.15) is 12.3 Å². The zero-order valence-electron chi connectivity index (χ0n) is 13.6. The Kier molecular flexibility index (Phi) is 4.50. The summed E-state index contributed by atoms with van der Waals surface area (Å²) in [7, 11) is 0. The average Bonchev–Trinajstić information content (AvgIpc) is 2.60. The van der Waals surface area contributed by atoms with Crippen molar-refractivity contribution in [1.82, 2.24) is 9.38 Å². The van der Waals surface area contributed by atoms with Crippen molar-refractivity contribution >= 4 is 11.6 Å². The molecule has 0 spiro atoms. The third-order valence-electron chi connectivity index (χ3n) is 3.74. The Morgan fingerprint density at radius 1 is 1.19 bits per heavy atom. The molecule has 5 nitrogen and oxygen atoms in total. The predicted molar refractivity (Wildman–Crippen MR) is 86.8 cm³/mol. The van der Waals surface area contributed by atoms with E-state index in [1.807, 2.05) is 0 Å². The highest BCUT2D eigenvalue weighted by atomic mass is 19.4. The van der Waals surface area contributed by atoms with Gasteiger partial charge >= 0.3 is 12.1 Å². The van der Waals surface area contributed by atoms with E-state index in [4.69, 9.17) is 4.74 Å². The zero-order chi connectivity index (χ0) is 18.9. The molecule has 134 valence electrons. The van der Waals surface area contributed by atoms with Crippen molar-refractivity contribution in [2.45, 2.75) is 19.7 Å². The molecular formula is C18H13F3N2O3. The normalized spacial score (nSPS) is 11.5. The van der Waals surface area contributed by atoms with Crippen LogP contribution in [-0.2, 0) is 17.5 Å². The first-order valence-electron chi connectivity index (χ1n) is 7.58. The van der Waals surface area contributed by atoms with Gasteiger partial charge in [-0.15, -0.1) is 0 Å². The molecule has 0 atom stereocenters. The maximum atomic E-state index is 12.5. The van der Waals surface area contributed by atoms with Gasteiger partial charge < -0.3 is 4.74 Å². The molecule has 26 heavy (non-hydrogen) atoms. The fourth-order valence-electron chi connectivity index (χ4n) is 2.40. The molecule has 0 bridgehead atoms. The number of esters is 1. The molecule has 0 aliphatic rings. The molecule has 0 aliphatic carbocycles. The summed E-state index contributed by atoms with van der Waals surface area (Å²) in [5, 5.41) is 0. The van der Waals surface area contributed by atoms with Crippen molar-refractivity contribution in [2.24, 2.45) is 0 Å². The van der Waals surface area contributed by atoms with Gasteiger partial charge in [-0.1, -0.05) is 6.07 Å². The van der Waals surface area contributed by atoms with Gasteiger partial charge in [0, 0.05) is 12.3 Å². The van der Waals surface area contributed by atoms with Gasteiger partial charge in [0.2, 0.25) is 0 Å². The van der Waals surface area contributed by atoms with Crippen molar-refractivity contribution in [1.29, 1.82) is 0 Å². The number of fused-ring (bicyclic) bond motifs is 1. The first-order chi connectivity index (χ1) is 12.3. The smallest absolute Gasteiger partial charge is 0.416 e. The van der Waals surface area contributed by atoms with E-state index < -0.39 is 17.7 Å². The third kappa shape index (κ3) is 3.58. The van der Waals surface area contributed by atoms with Crippen LogP contribution in [0.3, 0.4) is 0 Å². The Morgan fingerprint density at radius 3 is 2.54 bits per heavy atom. The van der Waals surface area contributed by atoms with Crippen LogP contribution in [0.4, 0.5) is 13.2 Å². The molecule has 3 rings (SSSR count). The lowest BCUT2D eigenvalue weighted by Crippen LogP contribution is -2.17. The summed E-state index contributed by atoms with van der Waals surface area (Å²) in [4.78, 5) is 28.3. The number of halogens is 3. The van der Waals surface area contributed by atoms with E-state index in [1.165, 1.54) is 10.5 Å². The number of carbonyl (C=O) groups excluding carboxylic acids is 1. The highest BCUT2D eigenvalue weighted by Crippen LogP contribution is 2.29. The van der Waals surface area contributed by atoms with Gasteiger partial charge in [-0.25, -0.2) is 9.78 Å². The van der Waals surface area contributed by atoms with E-state index in [0.717, 1.165) is 29.8 Å². The standard InChI is InChI=1S/C18H13F3N2O3/c1-11-3-2-8-23-15(24)9-14(22-16(11)23)10-26-17(25)12-4-6-13(7-5-12)18(19,20)21/h2-9H,10H2,1H3. The van der Waals surface area contributed by atoms with Crippen LogP contribution in [-0.4, -0.2) is 15.4 Å². The number of hydrogen-bond acceptors (Lipinski definition) is 4. The van der Waals surface area contributed by atoms with E-state index in [9.17, 15) is 22.8 Å². The van der Waals surface area contributed by atoms with Gasteiger partial charge in [-0.3, -0.25) is 9.20 Å². The molecule has 0 unspecified atom stereocenters. The number of pyridine rings is 1. The highest BCUT2D eigenvalue weighted by molar-refractivity contribution is 5.89. The summed E-state index contributed by atoms with van der Waals surface area (Å²) >= 11 is 0. The number of benzene rings is 1. The Morgan fingerprint density at radius 2 is 1.88 bits per heavy atom. The molecule has 0 radical (unpaired) electrons. The maximum absolute atomic E-state index is 12.5. The minimum absolute atomic E-state index is 0.0216. The lowest BCUT2D eigenvalue weighted by Gasteiger charge is -2.09. The first kappa shape index (κ1) is 17.7. The topological polar surface area (TPSA) is 60.7 Å². The second-order valence-electron chi connectivity index (χ2n) is 5.62. The predicted octanol–water partition coefficient (Wildman–Crippen LogP) is 3.38. The summed E-state index contributed by atoms with van der Waals surface area (Å²) in [6.07, 6.45) is -2.90. The summed E-state index contributed by atoms with van der Waals surface area (Å²) in [6.45, 7) is 1.53. The second kappa shape index (κ2) is 6.62. The third-order valence-corrected chi connectivity index (χ3v) is 3.74. The number of alkyl halides is 3. The average molecular weight is 362 g/mol. The maximum Gasteiger partial charge on any atom is 0.416 e. The Balaban J connectivity index is 1.76. The number of aryl methyl sites for hydroxylation is 1. The van der Waals surface area contributed by atoms with Gasteiger partial charge in [-0.05, 0) is 42.8 Å². The van der Waals surface area contributed by atoms with E-state index in [-0.39, 0.29) is 23.4 Å². The van der Waals surface area contributed by atoms with Crippen molar-refractivity contribution in [3.63, 3.8) is 0 Å². The number of nitrogens with zero attached hydrogens (tertiary/aromatic N) is 2. The van der Waals surface area contributed by atoms with E-state index >= 15 is 0 Å². The number of hydrogen-bond donors (Lipinski definition) is 0. The molecule has 0 aliphatic heterocycles. The number of carbonyl (C=O) groups is 1. The van der Waals surface area contributed by atoms with Crippen LogP contribution in [0.5, 0.6) is 0 Å². The van der Waals surface area contributed by atoms with Crippen LogP contribution in [0.25, 0.3) is 5.65 Å². The van der Waals surface area contributed by atoms with Gasteiger partial charge in [0.15, 0.2) is 0 Å². The second-order valence-corrected chi connectivity index (χ2v) is 5.62. The van der Waals surface area contributed by atoms with E-state index in [0.29, 0.717) is 5.65 Å². The first-order valence-corrected chi connectivity index (χ1v) is 7.58. The number of rotatable bonds is 3. The van der Waals surface area contributed by atoms with Crippen molar-refractivity contribution in [2.75, 3.05) is 0 Å². The fourth-order valence-corrected chi connectivity index (χ4v) is 2.40. The number of aromatic nitrogens is 2. The largest absolute Gasteiger partial charge is 0.456 e. The molecule has 0 N–H and O–H groups in total. The van der Waals surface area contributed by atoms with Crippen molar-refractivity contribution in [3.05, 3.63) is 81.4 Å². The molecule has 0 amide bonds. The van der Waals surface area contributed by atoms with Gasteiger partial charge in [0.25, 0.3) is 5.56 Å². The molecule has 2 heterocycles. The van der Waals surface area contributed by atoms with Crippen LogP contribution >= 0.6 is 0 Å². The molecular weight excluding hydrogens is 349 g/mol. The lowest BCUT2D eigenvalue weighted by molar-refractivity contribution is -0.137. The summed E-state index contributed by atoms with van der Waals surface area (Å²) < 4.78 is 44.0. The van der Waals surface area contributed by atoms with Gasteiger partial charge in [0.05, 0.1) is 16.8 Å². The summed E-state index contributed by atoms with van der Waals surface area (Å²) in [6, 6.07) is 8.44. The van der Waals surface area contributed by atoms with Gasteiger partial charge in [-0.2, -0.15) is 13.2 Å². The summed E-state index contributed by atoms with van der Waals surface area (Å²) in [5.41, 5.74) is 0.283. The summed E-state index contributed by atoms with van der Waals surface area (Å²) in [5.74, 6) is -0.800.